The molecule has 4 rings (SSSR count). The minimum Gasteiger partial charge on any atom is -0.466 e. The molecule has 1 unspecified atom stereocenters. The number of hydrogen-bond donors (Lipinski definition) is 1. The second-order valence-corrected chi connectivity index (χ2v) is 8.67. The van der Waals surface area contributed by atoms with Gasteiger partial charge >= 0.3 is 5.97 Å². The van der Waals surface area contributed by atoms with Crippen molar-refractivity contribution >= 4 is 34.3 Å². The van der Waals surface area contributed by atoms with E-state index in [1.54, 1.807) is 19.1 Å². The number of esters is 1. The number of anilines is 1. The van der Waals surface area contributed by atoms with Crippen LogP contribution in [0.25, 0.3) is 0 Å². The van der Waals surface area contributed by atoms with E-state index in [0.29, 0.717) is 43.2 Å². The third-order valence-corrected chi connectivity index (χ3v) is 6.75. The van der Waals surface area contributed by atoms with Crippen molar-refractivity contribution in [1.82, 2.24) is 9.88 Å². The number of aromatic nitrogens is 1. The average molecular weight is 428 g/mol. The Morgan fingerprint density at radius 3 is 2.60 bits per heavy atom. The number of benzene rings is 1. The summed E-state index contributed by atoms with van der Waals surface area (Å²) in [5, 5.41) is 3.38. The Kier molecular flexibility index (Phi) is 6.13. The largest absolute Gasteiger partial charge is 0.466 e. The number of rotatable bonds is 5. The van der Waals surface area contributed by atoms with Crippen molar-refractivity contribution in [3.63, 3.8) is 0 Å². The summed E-state index contributed by atoms with van der Waals surface area (Å²) < 4.78 is 5.10. The van der Waals surface area contributed by atoms with Crippen molar-refractivity contribution in [3.05, 3.63) is 46.5 Å². The number of amides is 2. The highest BCUT2D eigenvalue weighted by atomic mass is 32.1. The molecule has 1 saturated heterocycles. The maximum Gasteiger partial charge on any atom is 0.309 e. The van der Waals surface area contributed by atoms with Crippen molar-refractivity contribution in [1.29, 1.82) is 0 Å². The van der Waals surface area contributed by atoms with Crippen LogP contribution in [0, 0.1) is 5.92 Å². The van der Waals surface area contributed by atoms with Crippen molar-refractivity contribution < 1.29 is 19.1 Å². The Labute approximate surface area is 179 Å². The molecule has 1 aromatic heterocycles. The molecule has 1 atom stereocenters. The zero-order valence-electron chi connectivity index (χ0n) is 16.9. The number of aryl methyl sites for hydroxylation is 1. The molecule has 0 radical (unpaired) electrons. The average Bonchev–Trinajstić information content (AvgIpc) is 3.34. The molecule has 0 saturated carbocycles. The van der Waals surface area contributed by atoms with Gasteiger partial charge in [0.05, 0.1) is 24.1 Å². The molecule has 1 fully saturated rings. The van der Waals surface area contributed by atoms with Crippen LogP contribution in [0.3, 0.4) is 0 Å². The van der Waals surface area contributed by atoms with Crippen molar-refractivity contribution in [2.24, 2.45) is 5.92 Å². The minimum atomic E-state index is -0.266. The molecule has 2 aliphatic rings. The fourth-order valence-electron chi connectivity index (χ4n) is 4.10. The monoisotopic (exact) mass is 427 g/mol. The van der Waals surface area contributed by atoms with E-state index in [-0.39, 0.29) is 29.6 Å². The number of nitrogens with zero attached hydrogens (tertiary/aromatic N) is 2. The highest BCUT2D eigenvalue weighted by molar-refractivity contribution is 7.16. The van der Waals surface area contributed by atoms with Gasteiger partial charge in [-0.15, -0.1) is 11.3 Å². The van der Waals surface area contributed by atoms with E-state index in [9.17, 15) is 14.4 Å². The molecule has 8 heteroatoms. The summed E-state index contributed by atoms with van der Waals surface area (Å²) >= 11 is 1.45. The van der Waals surface area contributed by atoms with Crippen LogP contribution in [-0.4, -0.2) is 47.4 Å². The molecule has 7 nitrogen and oxygen atoms in total. The van der Waals surface area contributed by atoms with Gasteiger partial charge in [-0.3, -0.25) is 19.7 Å². The molecule has 1 aliphatic carbocycles. The molecule has 2 aromatic rings. The lowest BCUT2D eigenvalue weighted by Crippen LogP contribution is -2.42. The van der Waals surface area contributed by atoms with E-state index in [1.165, 1.54) is 11.3 Å². The number of hydrogen-bond acceptors (Lipinski definition) is 6. The van der Waals surface area contributed by atoms with Gasteiger partial charge in [0.1, 0.15) is 0 Å². The molecular formula is C22H25N3O4S. The van der Waals surface area contributed by atoms with E-state index < -0.39 is 0 Å². The number of carbonyl (C=O) groups is 3. The third kappa shape index (κ3) is 4.23. The molecule has 0 spiro atoms. The van der Waals surface area contributed by atoms with Crippen LogP contribution in [0.2, 0.25) is 0 Å². The fraction of sp³-hybridized carbons (Fsp3) is 0.455. The van der Waals surface area contributed by atoms with E-state index in [1.807, 2.05) is 23.1 Å². The van der Waals surface area contributed by atoms with Gasteiger partial charge in [-0.25, -0.2) is 4.98 Å². The minimum absolute atomic E-state index is 0.0716. The standard InChI is InChI=1S/C22H25N3O4S/c1-2-29-21(28)15-10-12-25(13-11-15)20(27)16-8-9-17-18(16)23-22(30-17)24-19(26)14-6-4-3-5-7-14/h3-7,15-16H,2,8-13H2,1H3,(H,23,24,26). The van der Waals surface area contributed by atoms with Gasteiger partial charge in [-0.2, -0.15) is 0 Å². The van der Waals surface area contributed by atoms with Crippen LogP contribution in [0.1, 0.15) is 53.0 Å². The number of carbonyl (C=O) groups excluding carboxylic acids is 3. The molecule has 30 heavy (non-hydrogen) atoms. The van der Waals surface area contributed by atoms with E-state index in [4.69, 9.17) is 4.74 Å². The van der Waals surface area contributed by atoms with Crippen LogP contribution in [-0.2, 0) is 20.7 Å². The molecule has 1 N–H and O–H groups in total. The van der Waals surface area contributed by atoms with Gasteiger partial charge in [0.25, 0.3) is 5.91 Å². The summed E-state index contributed by atoms with van der Waals surface area (Å²) in [6.07, 6.45) is 2.82. The first-order chi connectivity index (χ1) is 14.6. The van der Waals surface area contributed by atoms with Crippen LogP contribution in [0.5, 0.6) is 0 Å². The normalized spacial score (nSPS) is 18.7. The lowest BCUT2D eigenvalue weighted by molar-refractivity contribution is -0.151. The summed E-state index contributed by atoms with van der Waals surface area (Å²) in [5.41, 5.74) is 1.37. The van der Waals surface area contributed by atoms with Gasteiger partial charge in [0.2, 0.25) is 5.91 Å². The number of fused-ring (bicyclic) bond motifs is 1. The highest BCUT2D eigenvalue weighted by Crippen LogP contribution is 2.40. The first-order valence-electron chi connectivity index (χ1n) is 10.4. The quantitative estimate of drug-likeness (QED) is 0.740. The van der Waals surface area contributed by atoms with E-state index >= 15 is 0 Å². The number of piperidine rings is 1. The topological polar surface area (TPSA) is 88.6 Å². The maximum absolute atomic E-state index is 13.1. The number of likely N-dealkylation sites (tertiary alicyclic amines) is 1. The summed E-state index contributed by atoms with van der Waals surface area (Å²) in [6, 6.07) is 9.00. The molecule has 2 amide bonds. The maximum atomic E-state index is 13.1. The Bertz CT molecular complexity index is 935. The molecule has 158 valence electrons. The lowest BCUT2D eigenvalue weighted by Gasteiger charge is -2.32. The molecule has 1 aromatic carbocycles. The summed E-state index contributed by atoms with van der Waals surface area (Å²) in [7, 11) is 0. The second-order valence-electron chi connectivity index (χ2n) is 7.59. The Morgan fingerprint density at radius 2 is 1.90 bits per heavy atom. The molecule has 2 heterocycles. The molecule has 1 aliphatic heterocycles. The van der Waals surface area contributed by atoms with E-state index in [0.717, 1.165) is 23.4 Å². The van der Waals surface area contributed by atoms with Gasteiger partial charge in [-0.1, -0.05) is 18.2 Å². The molecular weight excluding hydrogens is 402 g/mol. The number of ether oxygens (including phenoxy) is 1. The number of nitrogens with one attached hydrogen (secondary N) is 1. The Balaban J connectivity index is 1.38. The number of thiazole rings is 1. The van der Waals surface area contributed by atoms with Crippen molar-refractivity contribution in [2.75, 3.05) is 25.0 Å². The third-order valence-electron chi connectivity index (χ3n) is 5.70. The second kappa shape index (κ2) is 8.95. The SMILES string of the molecule is CCOC(=O)C1CCN(C(=O)C2CCc3sc(NC(=O)c4ccccc4)nc32)CC1. The van der Waals surface area contributed by atoms with Gasteiger partial charge in [-0.05, 0) is 44.7 Å². The van der Waals surface area contributed by atoms with Gasteiger partial charge in [0, 0.05) is 23.5 Å². The smallest absolute Gasteiger partial charge is 0.309 e. The summed E-state index contributed by atoms with van der Waals surface area (Å²) in [5.74, 6) is -0.676. The van der Waals surface area contributed by atoms with Gasteiger partial charge < -0.3 is 9.64 Å². The van der Waals surface area contributed by atoms with Gasteiger partial charge in [0.15, 0.2) is 5.13 Å². The zero-order valence-corrected chi connectivity index (χ0v) is 17.7. The van der Waals surface area contributed by atoms with Crippen LogP contribution in [0.4, 0.5) is 5.13 Å². The van der Waals surface area contributed by atoms with Crippen LogP contribution >= 0.6 is 11.3 Å². The first-order valence-corrected chi connectivity index (χ1v) is 11.2. The predicted octanol–water partition coefficient (Wildman–Crippen LogP) is 3.23. The Morgan fingerprint density at radius 1 is 1.17 bits per heavy atom. The Hall–Kier alpha value is -2.74. The van der Waals surface area contributed by atoms with E-state index in [2.05, 4.69) is 10.3 Å². The fourth-order valence-corrected chi connectivity index (χ4v) is 5.13. The van der Waals surface area contributed by atoms with Crippen LogP contribution in [0.15, 0.2) is 30.3 Å². The lowest BCUT2D eigenvalue weighted by atomic mass is 9.95. The van der Waals surface area contributed by atoms with Crippen molar-refractivity contribution in [2.45, 2.75) is 38.5 Å². The first kappa shape index (κ1) is 20.5. The molecule has 0 bridgehead atoms. The summed E-state index contributed by atoms with van der Waals surface area (Å²) in [4.78, 5) is 44.9. The predicted molar refractivity (Wildman–Crippen MR) is 114 cm³/mol. The zero-order chi connectivity index (χ0) is 21.1. The van der Waals surface area contributed by atoms with Crippen molar-refractivity contribution in [3.8, 4) is 0 Å². The van der Waals surface area contributed by atoms with Crippen LogP contribution < -0.4 is 5.32 Å². The highest BCUT2D eigenvalue weighted by Gasteiger charge is 2.37. The summed E-state index contributed by atoms with van der Waals surface area (Å²) in [6.45, 7) is 3.32.